The Kier molecular flexibility index (Phi) is 5.33. The molecule has 3 heteroatoms. The summed E-state index contributed by atoms with van der Waals surface area (Å²) in [6, 6.07) is 9.57. The van der Waals surface area contributed by atoms with Crippen molar-refractivity contribution in [2.75, 3.05) is 7.05 Å². The number of carbonyl (C=O) groups is 2. The summed E-state index contributed by atoms with van der Waals surface area (Å²) in [6.45, 7) is 0. The third-order valence-corrected chi connectivity index (χ3v) is 4.18. The van der Waals surface area contributed by atoms with E-state index in [1.54, 1.807) is 12.1 Å². The second-order valence-corrected chi connectivity index (χ2v) is 5.59. The normalized spacial score (nSPS) is 15.8. The van der Waals surface area contributed by atoms with Crippen LogP contribution in [0.25, 0.3) is 0 Å². The Labute approximate surface area is 121 Å². The Morgan fingerprint density at radius 3 is 2.35 bits per heavy atom. The molecule has 0 spiro atoms. The van der Waals surface area contributed by atoms with Crippen LogP contribution in [0.2, 0.25) is 0 Å². The van der Waals surface area contributed by atoms with Crippen LogP contribution in [0, 0.1) is 0 Å². The van der Waals surface area contributed by atoms with Gasteiger partial charge < -0.3 is 4.90 Å². The van der Waals surface area contributed by atoms with Gasteiger partial charge in [-0.1, -0.05) is 49.6 Å². The third kappa shape index (κ3) is 3.92. The number of amides is 1. The van der Waals surface area contributed by atoms with E-state index in [2.05, 4.69) is 0 Å². The van der Waals surface area contributed by atoms with Crippen molar-refractivity contribution in [2.24, 2.45) is 0 Å². The van der Waals surface area contributed by atoms with Crippen LogP contribution in [-0.4, -0.2) is 29.7 Å². The van der Waals surface area contributed by atoms with Crippen molar-refractivity contribution in [3.63, 3.8) is 0 Å². The summed E-state index contributed by atoms with van der Waals surface area (Å²) in [5, 5.41) is 0. The molecule has 3 nitrogen and oxygen atoms in total. The molecule has 1 fully saturated rings. The second-order valence-electron chi connectivity index (χ2n) is 5.59. The molecule has 1 aromatic carbocycles. The van der Waals surface area contributed by atoms with Crippen molar-refractivity contribution in [1.82, 2.24) is 4.90 Å². The van der Waals surface area contributed by atoms with Gasteiger partial charge in [-0.3, -0.25) is 9.59 Å². The molecule has 0 saturated heterocycles. The Morgan fingerprint density at radius 2 is 1.70 bits per heavy atom. The molecular formula is C17H23NO2. The molecule has 1 aliphatic rings. The molecule has 0 unspecified atom stereocenters. The molecule has 1 amide bonds. The van der Waals surface area contributed by atoms with Gasteiger partial charge in [0.1, 0.15) is 0 Å². The maximum absolute atomic E-state index is 12.2. The van der Waals surface area contributed by atoms with Crippen LogP contribution in [0.3, 0.4) is 0 Å². The third-order valence-electron chi connectivity index (χ3n) is 4.18. The highest BCUT2D eigenvalue weighted by atomic mass is 16.2. The fourth-order valence-corrected chi connectivity index (χ4v) is 2.84. The lowest BCUT2D eigenvalue weighted by Crippen LogP contribution is -2.38. The zero-order valence-electron chi connectivity index (χ0n) is 12.2. The number of rotatable bonds is 5. The Hall–Kier alpha value is -1.64. The van der Waals surface area contributed by atoms with E-state index in [0.29, 0.717) is 24.4 Å². The van der Waals surface area contributed by atoms with Crippen LogP contribution in [0.5, 0.6) is 0 Å². The van der Waals surface area contributed by atoms with Crippen molar-refractivity contribution < 1.29 is 9.59 Å². The topological polar surface area (TPSA) is 37.4 Å². The minimum atomic E-state index is 0.0518. The van der Waals surface area contributed by atoms with Gasteiger partial charge in [0.25, 0.3) is 0 Å². The van der Waals surface area contributed by atoms with Crippen LogP contribution < -0.4 is 0 Å². The zero-order valence-corrected chi connectivity index (χ0v) is 12.2. The molecule has 108 valence electrons. The van der Waals surface area contributed by atoms with Gasteiger partial charge in [0.05, 0.1) is 0 Å². The van der Waals surface area contributed by atoms with Gasteiger partial charge in [-0.15, -0.1) is 0 Å². The summed E-state index contributed by atoms with van der Waals surface area (Å²) < 4.78 is 0. The first-order chi connectivity index (χ1) is 9.68. The average molecular weight is 273 g/mol. The standard InChI is InChI=1S/C17H23NO2/c1-18(15-10-6-3-7-11-15)17(20)13-12-16(19)14-8-4-2-5-9-14/h2,4-5,8-9,15H,3,6-7,10-13H2,1H3. The van der Waals surface area contributed by atoms with Crippen LogP contribution in [-0.2, 0) is 4.79 Å². The van der Waals surface area contributed by atoms with Crippen LogP contribution in [0.1, 0.15) is 55.3 Å². The predicted octanol–water partition coefficient (Wildman–Crippen LogP) is 3.44. The van der Waals surface area contributed by atoms with Gasteiger partial charge >= 0.3 is 0 Å². The summed E-state index contributed by atoms with van der Waals surface area (Å²) in [5.41, 5.74) is 0.695. The van der Waals surface area contributed by atoms with Gasteiger partial charge in [0.2, 0.25) is 5.91 Å². The van der Waals surface area contributed by atoms with Crippen LogP contribution >= 0.6 is 0 Å². The lowest BCUT2D eigenvalue weighted by molar-refractivity contribution is -0.132. The van der Waals surface area contributed by atoms with Gasteiger partial charge in [-0.2, -0.15) is 0 Å². The van der Waals surface area contributed by atoms with Crippen molar-refractivity contribution in [3.05, 3.63) is 35.9 Å². The largest absolute Gasteiger partial charge is 0.343 e. The minimum Gasteiger partial charge on any atom is -0.343 e. The molecule has 0 aliphatic heterocycles. The monoisotopic (exact) mass is 273 g/mol. The van der Waals surface area contributed by atoms with Gasteiger partial charge in [-0.05, 0) is 12.8 Å². The van der Waals surface area contributed by atoms with Crippen molar-refractivity contribution in [1.29, 1.82) is 0 Å². The number of hydrogen-bond donors (Lipinski definition) is 0. The van der Waals surface area contributed by atoms with Crippen molar-refractivity contribution in [2.45, 2.75) is 51.0 Å². The van der Waals surface area contributed by atoms with Crippen molar-refractivity contribution >= 4 is 11.7 Å². The first-order valence-corrected chi connectivity index (χ1v) is 7.52. The summed E-state index contributed by atoms with van der Waals surface area (Å²) in [6.07, 6.45) is 6.55. The SMILES string of the molecule is CN(C(=O)CCC(=O)c1ccccc1)C1CCCCC1. The summed E-state index contributed by atoms with van der Waals surface area (Å²) in [5.74, 6) is 0.150. The van der Waals surface area contributed by atoms with Gasteiger partial charge in [-0.25, -0.2) is 0 Å². The van der Waals surface area contributed by atoms with E-state index < -0.39 is 0 Å². The lowest BCUT2D eigenvalue weighted by atomic mass is 9.94. The molecule has 0 radical (unpaired) electrons. The lowest BCUT2D eigenvalue weighted by Gasteiger charge is -2.31. The first kappa shape index (κ1) is 14.8. The number of benzene rings is 1. The highest BCUT2D eigenvalue weighted by Gasteiger charge is 2.22. The molecule has 0 aromatic heterocycles. The average Bonchev–Trinajstić information content (AvgIpc) is 2.53. The zero-order chi connectivity index (χ0) is 14.4. The number of ketones is 1. The quantitative estimate of drug-likeness (QED) is 0.771. The molecule has 1 aliphatic carbocycles. The van der Waals surface area contributed by atoms with Gasteiger partial charge in [0.15, 0.2) is 5.78 Å². The number of nitrogens with zero attached hydrogens (tertiary/aromatic N) is 1. The fourth-order valence-electron chi connectivity index (χ4n) is 2.84. The van der Waals surface area contributed by atoms with E-state index in [1.807, 2.05) is 30.1 Å². The van der Waals surface area contributed by atoms with Crippen LogP contribution in [0.15, 0.2) is 30.3 Å². The fraction of sp³-hybridized carbons (Fsp3) is 0.529. The highest BCUT2D eigenvalue weighted by Crippen LogP contribution is 2.22. The molecule has 0 atom stereocenters. The molecule has 2 rings (SSSR count). The number of carbonyl (C=O) groups excluding carboxylic acids is 2. The van der Waals surface area contributed by atoms with E-state index in [9.17, 15) is 9.59 Å². The molecular weight excluding hydrogens is 250 g/mol. The van der Waals surface area contributed by atoms with E-state index in [4.69, 9.17) is 0 Å². The summed E-state index contributed by atoms with van der Waals surface area (Å²) in [7, 11) is 1.88. The molecule has 0 N–H and O–H groups in total. The maximum atomic E-state index is 12.2. The highest BCUT2D eigenvalue weighted by molar-refractivity contribution is 5.97. The first-order valence-electron chi connectivity index (χ1n) is 7.52. The molecule has 0 bridgehead atoms. The van der Waals surface area contributed by atoms with Gasteiger partial charge in [0, 0.05) is 31.5 Å². The van der Waals surface area contributed by atoms with E-state index >= 15 is 0 Å². The van der Waals surface area contributed by atoms with Crippen molar-refractivity contribution in [3.8, 4) is 0 Å². The predicted molar refractivity (Wildman–Crippen MR) is 79.6 cm³/mol. The summed E-state index contributed by atoms with van der Waals surface area (Å²) in [4.78, 5) is 26.0. The Morgan fingerprint density at radius 1 is 1.05 bits per heavy atom. The Balaban J connectivity index is 1.81. The summed E-state index contributed by atoms with van der Waals surface area (Å²) >= 11 is 0. The van der Waals surface area contributed by atoms with E-state index in [0.717, 1.165) is 12.8 Å². The smallest absolute Gasteiger partial charge is 0.223 e. The second kappa shape index (κ2) is 7.22. The molecule has 20 heavy (non-hydrogen) atoms. The molecule has 1 saturated carbocycles. The minimum absolute atomic E-state index is 0.0518. The molecule has 0 heterocycles. The maximum Gasteiger partial charge on any atom is 0.223 e. The Bertz CT molecular complexity index is 449. The van der Waals surface area contributed by atoms with E-state index in [-0.39, 0.29) is 11.7 Å². The van der Waals surface area contributed by atoms with Crippen LogP contribution in [0.4, 0.5) is 0 Å². The number of Topliss-reactive ketones (excluding diaryl/α,β-unsaturated/α-hetero) is 1. The van der Waals surface area contributed by atoms with E-state index in [1.165, 1.54) is 19.3 Å². The number of hydrogen-bond acceptors (Lipinski definition) is 2. The molecule has 1 aromatic rings.